The van der Waals surface area contributed by atoms with E-state index in [0.29, 0.717) is 10.0 Å². The van der Waals surface area contributed by atoms with Crippen LogP contribution >= 0.6 is 46.3 Å². The Hall–Kier alpha value is -1.78. The molecule has 0 amide bonds. The number of thiazole rings is 1. The largest absolute Gasteiger partial charge is 0.857 e. The number of rotatable bonds is 5. The van der Waals surface area contributed by atoms with Crippen molar-refractivity contribution in [3.63, 3.8) is 0 Å². The van der Waals surface area contributed by atoms with Gasteiger partial charge in [-0.25, -0.2) is 8.42 Å². The molecule has 1 aliphatic rings. The molecule has 0 atom stereocenters. The van der Waals surface area contributed by atoms with E-state index in [9.17, 15) is 13.5 Å². The van der Waals surface area contributed by atoms with Crippen LogP contribution in [-0.4, -0.2) is 27.1 Å². The van der Waals surface area contributed by atoms with Gasteiger partial charge in [-0.1, -0.05) is 46.3 Å². The van der Waals surface area contributed by atoms with E-state index in [4.69, 9.17) is 23.2 Å². The van der Waals surface area contributed by atoms with Crippen molar-refractivity contribution in [1.82, 2.24) is 0 Å². The Morgan fingerprint density at radius 1 is 1.23 bits per heavy atom. The number of fused-ring (bicyclic) bond motifs is 2. The normalized spacial score (nSPS) is 15.8. The molecule has 0 radical (unpaired) electrons. The molecule has 2 aromatic carbocycles. The fourth-order valence-electron chi connectivity index (χ4n) is 3.31. The summed E-state index contributed by atoms with van der Waals surface area (Å²) in [6, 6.07) is 11.2. The lowest BCUT2D eigenvalue weighted by molar-refractivity contribution is -0.658. The molecular weight excluding hydrogens is 497 g/mol. The van der Waals surface area contributed by atoms with Gasteiger partial charge in [-0.05, 0) is 37.3 Å². The Kier molecular flexibility index (Phi) is 6.24. The Labute approximate surface area is 198 Å². The van der Waals surface area contributed by atoms with Crippen molar-refractivity contribution in [2.24, 2.45) is 4.40 Å². The molecule has 0 spiro atoms. The van der Waals surface area contributed by atoms with Crippen LogP contribution in [0.5, 0.6) is 0 Å². The van der Waals surface area contributed by atoms with E-state index in [1.54, 1.807) is 28.5 Å². The summed E-state index contributed by atoms with van der Waals surface area (Å²) in [5.74, 6) is -0.742. The first kappa shape index (κ1) is 22.4. The molecule has 6 nitrogen and oxygen atoms in total. The van der Waals surface area contributed by atoms with Crippen molar-refractivity contribution >= 4 is 84.2 Å². The number of thioether (sulfide) groups is 1. The third-order valence-corrected chi connectivity index (χ3v) is 7.74. The Balaban J connectivity index is 1.83. The van der Waals surface area contributed by atoms with Gasteiger partial charge >= 0.3 is 0 Å². The summed E-state index contributed by atoms with van der Waals surface area (Å²) in [4.78, 5) is 3.24. The molecule has 0 aliphatic carbocycles. The van der Waals surface area contributed by atoms with Gasteiger partial charge in [0, 0.05) is 33.4 Å². The van der Waals surface area contributed by atoms with Gasteiger partial charge in [-0.3, -0.25) is 0 Å². The van der Waals surface area contributed by atoms with Crippen molar-refractivity contribution in [2.45, 2.75) is 18.4 Å². The van der Waals surface area contributed by atoms with Crippen molar-refractivity contribution in [2.75, 3.05) is 17.7 Å². The van der Waals surface area contributed by atoms with Gasteiger partial charge in [-0.15, -0.1) is 0 Å². The highest BCUT2D eigenvalue weighted by Crippen LogP contribution is 2.47. The zero-order valence-electron chi connectivity index (χ0n) is 16.5. The number of anilines is 1. The Morgan fingerprint density at radius 3 is 2.65 bits per heavy atom. The predicted molar refractivity (Wildman–Crippen MR) is 128 cm³/mol. The van der Waals surface area contributed by atoms with Crippen LogP contribution in [0.3, 0.4) is 0 Å². The first-order valence-electron chi connectivity index (χ1n) is 9.19. The van der Waals surface area contributed by atoms with Crippen LogP contribution in [0.1, 0.15) is 11.9 Å². The average molecular weight is 514 g/mol. The minimum absolute atomic E-state index is 0.206. The van der Waals surface area contributed by atoms with Gasteiger partial charge < -0.3 is 10.0 Å². The van der Waals surface area contributed by atoms with Gasteiger partial charge in [0.2, 0.25) is 15.5 Å². The third-order valence-electron chi connectivity index (χ3n) is 4.51. The fourth-order valence-corrected chi connectivity index (χ4v) is 6.36. The maximum atomic E-state index is 12.3. The lowest BCUT2D eigenvalue weighted by Gasteiger charge is -2.17. The molecule has 0 saturated heterocycles. The van der Waals surface area contributed by atoms with E-state index in [1.807, 2.05) is 30.3 Å². The van der Waals surface area contributed by atoms with Crippen molar-refractivity contribution in [1.29, 1.82) is 0 Å². The molecule has 0 saturated carbocycles. The number of hydrogen-bond acceptors (Lipinski definition) is 6. The van der Waals surface area contributed by atoms with Crippen LogP contribution in [0.15, 0.2) is 50.7 Å². The quantitative estimate of drug-likeness (QED) is 0.291. The summed E-state index contributed by atoms with van der Waals surface area (Å²) < 4.78 is 28.8. The summed E-state index contributed by atoms with van der Waals surface area (Å²) in [6.07, 6.45) is 2.89. The number of hydrogen-bond donors (Lipinski definition) is 0. The first-order valence-corrected chi connectivity index (χ1v) is 13.4. The van der Waals surface area contributed by atoms with E-state index in [0.717, 1.165) is 43.6 Å². The molecule has 2 heterocycles. The summed E-state index contributed by atoms with van der Waals surface area (Å²) in [5, 5.41) is 15.3. The second-order valence-electron chi connectivity index (χ2n) is 6.80. The molecule has 1 aromatic heterocycles. The lowest BCUT2D eigenvalue weighted by Crippen LogP contribution is -2.43. The van der Waals surface area contributed by atoms with Crippen molar-refractivity contribution in [3.8, 4) is 0 Å². The summed E-state index contributed by atoms with van der Waals surface area (Å²) in [7, 11) is -3.78. The lowest BCUT2D eigenvalue weighted by atomic mass is 10.3. The second-order valence-corrected chi connectivity index (χ2v) is 11.4. The minimum Gasteiger partial charge on any atom is -0.857 e. The number of aromatic nitrogens is 1. The second kappa shape index (κ2) is 8.63. The van der Waals surface area contributed by atoms with Gasteiger partial charge in [0.05, 0.1) is 23.0 Å². The summed E-state index contributed by atoms with van der Waals surface area (Å²) >= 11 is 15.5. The zero-order chi connectivity index (χ0) is 22.3. The fraction of sp³-hybridized carbons (Fsp3) is 0.200. The molecule has 0 unspecified atom stereocenters. The number of sulfonamides is 1. The summed E-state index contributed by atoms with van der Waals surface area (Å²) in [6.45, 7) is 2.59. The molecule has 4 rings (SSSR count). The standard InChI is InChI=1S/C20H17Cl2N3O3S3/c1-3-24-14-8-12(21)4-6-16(14)29-19(24)10-20-25(11-18(26)23-31(2,27)28)15-9-13(22)5-7-17(15)30-20/h4-10H,3,11H2,1-2H3. The minimum atomic E-state index is -3.78. The summed E-state index contributed by atoms with van der Waals surface area (Å²) in [5.41, 5.74) is 1.78. The van der Waals surface area contributed by atoms with E-state index in [2.05, 4.69) is 16.2 Å². The molecule has 0 bridgehead atoms. The molecule has 31 heavy (non-hydrogen) atoms. The first-order chi connectivity index (χ1) is 14.6. The highest BCUT2D eigenvalue weighted by Gasteiger charge is 2.27. The molecule has 162 valence electrons. The predicted octanol–water partition coefficient (Wildman–Crippen LogP) is 4.14. The SMILES string of the molecule is CCN1C(=Cc2sc3ccc(Cl)cc3[n+]2C/C([O-])=N\S(C)(=O)=O)Sc2ccc(Cl)cc21. The topological polar surface area (TPSA) is 76.7 Å². The van der Waals surface area contributed by atoms with Gasteiger partial charge in [0.1, 0.15) is 4.70 Å². The molecule has 0 fully saturated rings. The highest BCUT2D eigenvalue weighted by molar-refractivity contribution is 8.03. The maximum Gasteiger partial charge on any atom is 0.265 e. The van der Waals surface area contributed by atoms with Gasteiger partial charge in [0.25, 0.3) is 5.01 Å². The monoisotopic (exact) mass is 513 g/mol. The Morgan fingerprint density at radius 2 is 1.94 bits per heavy atom. The van der Waals surface area contributed by atoms with Crippen LogP contribution in [0.25, 0.3) is 16.3 Å². The molecule has 11 heteroatoms. The van der Waals surface area contributed by atoms with Gasteiger partial charge in [0.15, 0.2) is 6.54 Å². The van der Waals surface area contributed by atoms with E-state index in [1.165, 1.54) is 11.3 Å². The van der Waals surface area contributed by atoms with Crippen molar-refractivity contribution < 1.29 is 18.1 Å². The molecule has 0 N–H and O–H groups in total. The van der Waals surface area contributed by atoms with Crippen LogP contribution in [0, 0.1) is 0 Å². The maximum absolute atomic E-state index is 12.3. The van der Waals surface area contributed by atoms with Crippen LogP contribution in [0.2, 0.25) is 10.0 Å². The highest BCUT2D eigenvalue weighted by atomic mass is 35.5. The van der Waals surface area contributed by atoms with E-state index >= 15 is 0 Å². The van der Waals surface area contributed by atoms with Crippen LogP contribution < -0.4 is 14.6 Å². The van der Waals surface area contributed by atoms with E-state index in [-0.39, 0.29) is 6.54 Å². The van der Waals surface area contributed by atoms with E-state index < -0.39 is 15.9 Å². The number of halogens is 2. The number of nitrogens with zero attached hydrogens (tertiary/aromatic N) is 3. The van der Waals surface area contributed by atoms with Crippen molar-refractivity contribution in [3.05, 3.63) is 56.5 Å². The molecule has 3 aromatic rings. The van der Waals surface area contributed by atoms with Crippen LogP contribution in [-0.2, 0) is 16.6 Å². The zero-order valence-corrected chi connectivity index (χ0v) is 20.5. The third kappa shape index (κ3) is 4.85. The van der Waals surface area contributed by atoms with Gasteiger partial charge in [-0.2, -0.15) is 8.96 Å². The molecular formula is C20H17Cl2N3O3S3. The average Bonchev–Trinajstić information content (AvgIpc) is 3.17. The van der Waals surface area contributed by atoms with Crippen LogP contribution in [0.4, 0.5) is 5.69 Å². The Bertz CT molecular complexity index is 1350. The molecule has 1 aliphatic heterocycles. The number of benzene rings is 2. The smallest absolute Gasteiger partial charge is 0.265 e.